The lowest BCUT2D eigenvalue weighted by Crippen LogP contribution is -2.33. The topological polar surface area (TPSA) is 29.5 Å². The molecule has 56 valence electrons. The van der Waals surface area contributed by atoms with Gasteiger partial charge < -0.3 is 9.84 Å². The molecular weight excluding hydrogens is 128 g/mol. The molecule has 0 radical (unpaired) electrons. The van der Waals surface area contributed by atoms with E-state index >= 15 is 0 Å². The highest BCUT2D eigenvalue weighted by Gasteiger charge is 2.60. The van der Waals surface area contributed by atoms with Gasteiger partial charge in [0.25, 0.3) is 0 Å². The van der Waals surface area contributed by atoms with Gasteiger partial charge in [0.1, 0.15) is 0 Å². The minimum absolute atomic E-state index is 0.498. The first kappa shape index (κ1) is 5.56. The number of fused-ring (bicyclic) bond motifs is 1. The third kappa shape index (κ3) is 0.453. The van der Waals surface area contributed by atoms with Crippen LogP contribution in [0.2, 0.25) is 0 Å². The molecule has 1 heterocycles. The largest absolute Gasteiger partial charge is 0.365 e. The Kier molecular flexibility index (Phi) is 0.783. The summed E-state index contributed by atoms with van der Waals surface area (Å²) in [4.78, 5) is 0. The summed E-state index contributed by atoms with van der Waals surface area (Å²) >= 11 is 0. The maximum atomic E-state index is 9.81. The Morgan fingerprint density at radius 1 is 1.40 bits per heavy atom. The van der Waals surface area contributed by atoms with Gasteiger partial charge in [0.15, 0.2) is 5.79 Å². The second kappa shape index (κ2) is 1.41. The van der Waals surface area contributed by atoms with Crippen molar-refractivity contribution in [2.24, 2.45) is 17.8 Å². The summed E-state index contributed by atoms with van der Waals surface area (Å²) in [7, 11) is 0. The third-order valence-corrected chi connectivity index (χ3v) is 3.50. The monoisotopic (exact) mass is 140 g/mol. The van der Waals surface area contributed by atoms with Gasteiger partial charge in [-0.25, -0.2) is 0 Å². The van der Waals surface area contributed by atoms with E-state index in [2.05, 4.69) is 0 Å². The predicted molar refractivity (Wildman–Crippen MR) is 35.2 cm³/mol. The number of hydrogen-bond acceptors (Lipinski definition) is 2. The van der Waals surface area contributed by atoms with Crippen molar-refractivity contribution in [3.63, 3.8) is 0 Å². The molecule has 2 nitrogen and oxygen atoms in total. The molecule has 3 fully saturated rings. The summed E-state index contributed by atoms with van der Waals surface area (Å²) in [5.41, 5.74) is 0. The summed E-state index contributed by atoms with van der Waals surface area (Å²) in [6.45, 7) is 0.817. The smallest absolute Gasteiger partial charge is 0.168 e. The third-order valence-electron chi connectivity index (χ3n) is 3.50. The fraction of sp³-hybridized carbons (Fsp3) is 1.00. The van der Waals surface area contributed by atoms with Crippen LogP contribution in [0.5, 0.6) is 0 Å². The van der Waals surface area contributed by atoms with Crippen LogP contribution in [-0.2, 0) is 4.74 Å². The van der Waals surface area contributed by atoms with Crippen LogP contribution < -0.4 is 0 Å². The second-order valence-electron chi connectivity index (χ2n) is 4.06. The van der Waals surface area contributed by atoms with Crippen molar-refractivity contribution in [1.82, 2.24) is 0 Å². The van der Waals surface area contributed by atoms with Crippen LogP contribution in [0.25, 0.3) is 0 Å². The van der Waals surface area contributed by atoms with E-state index in [0.29, 0.717) is 11.8 Å². The number of ether oxygens (including phenoxy) is 1. The van der Waals surface area contributed by atoms with Gasteiger partial charge in [0.2, 0.25) is 0 Å². The van der Waals surface area contributed by atoms with Crippen molar-refractivity contribution in [2.75, 3.05) is 6.61 Å². The van der Waals surface area contributed by atoms with E-state index in [0.717, 1.165) is 18.9 Å². The Labute approximate surface area is 60.2 Å². The van der Waals surface area contributed by atoms with Gasteiger partial charge in [0, 0.05) is 12.3 Å². The molecule has 0 unspecified atom stereocenters. The van der Waals surface area contributed by atoms with E-state index in [1.165, 1.54) is 12.8 Å². The normalized spacial score (nSPS) is 63.9. The van der Waals surface area contributed by atoms with Crippen molar-refractivity contribution < 1.29 is 9.84 Å². The predicted octanol–water partition coefficient (Wildman–Crippen LogP) is 0.751. The van der Waals surface area contributed by atoms with E-state index in [9.17, 15) is 5.11 Å². The van der Waals surface area contributed by atoms with E-state index in [1.807, 2.05) is 0 Å². The molecule has 0 aromatic heterocycles. The van der Waals surface area contributed by atoms with Crippen LogP contribution in [0, 0.1) is 17.8 Å². The molecule has 2 aliphatic carbocycles. The highest BCUT2D eigenvalue weighted by molar-refractivity contribution is 5.04. The summed E-state index contributed by atoms with van der Waals surface area (Å²) < 4.78 is 5.37. The van der Waals surface area contributed by atoms with Crippen LogP contribution in [0.1, 0.15) is 19.3 Å². The van der Waals surface area contributed by atoms with Crippen molar-refractivity contribution in [2.45, 2.75) is 25.0 Å². The molecule has 4 atom stereocenters. The average molecular weight is 140 g/mol. The maximum absolute atomic E-state index is 9.81. The minimum Gasteiger partial charge on any atom is -0.365 e. The van der Waals surface area contributed by atoms with Crippen LogP contribution in [0.15, 0.2) is 0 Å². The Bertz CT molecular complexity index is 180. The lowest BCUT2D eigenvalue weighted by atomic mass is 9.88. The molecule has 0 aromatic carbocycles. The van der Waals surface area contributed by atoms with Crippen molar-refractivity contribution in [1.29, 1.82) is 0 Å². The van der Waals surface area contributed by atoms with Crippen LogP contribution in [-0.4, -0.2) is 17.5 Å². The Morgan fingerprint density at radius 3 is 2.90 bits per heavy atom. The highest BCUT2D eigenvalue weighted by atomic mass is 16.6. The Balaban J connectivity index is 2.05. The molecule has 2 heteroatoms. The van der Waals surface area contributed by atoms with E-state index in [4.69, 9.17) is 4.74 Å². The first-order chi connectivity index (χ1) is 4.78. The van der Waals surface area contributed by atoms with E-state index in [1.54, 1.807) is 0 Å². The summed E-state index contributed by atoms with van der Waals surface area (Å²) in [6.07, 6.45) is 3.45. The maximum Gasteiger partial charge on any atom is 0.168 e. The lowest BCUT2D eigenvalue weighted by Gasteiger charge is -2.25. The molecule has 1 aliphatic heterocycles. The SMILES string of the molecule is O[C@]12C[C@@H]3C[C@H](CO1)[C@H]2C3. The zero-order chi connectivity index (χ0) is 6.77. The van der Waals surface area contributed by atoms with E-state index in [-0.39, 0.29) is 0 Å². The molecule has 3 aliphatic rings. The molecule has 0 amide bonds. The molecule has 0 aromatic rings. The summed E-state index contributed by atoms with van der Waals surface area (Å²) in [5.74, 6) is 1.30. The molecular formula is C8H12O2. The fourth-order valence-corrected chi connectivity index (χ4v) is 3.13. The second-order valence-corrected chi connectivity index (χ2v) is 4.06. The Hall–Kier alpha value is -0.0800. The van der Waals surface area contributed by atoms with Gasteiger partial charge in [-0.05, 0) is 24.7 Å². The quantitative estimate of drug-likeness (QED) is 0.538. The Morgan fingerprint density at radius 2 is 2.30 bits per heavy atom. The van der Waals surface area contributed by atoms with E-state index < -0.39 is 5.79 Å². The zero-order valence-corrected chi connectivity index (χ0v) is 5.92. The average Bonchev–Trinajstić information content (AvgIpc) is 2.39. The molecule has 0 spiro atoms. The van der Waals surface area contributed by atoms with Gasteiger partial charge in [-0.15, -0.1) is 0 Å². The fourth-order valence-electron chi connectivity index (χ4n) is 3.13. The van der Waals surface area contributed by atoms with Crippen molar-refractivity contribution >= 4 is 0 Å². The van der Waals surface area contributed by atoms with Crippen molar-refractivity contribution in [3.8, 4) is 0 Å². The standard InChI is InChI=1S/C8H12O2/c9-8-3-5-1-6(4-10-8)7(8)2-5/h5-7,9H,1-4H2/t5-,6-,7-,8-/m1/s1. The van der Waals surface area contributed by atoms with Crippen LogP contribution >= 0.6 is 0 Å². The molecule has 1 N–H and O–H groups in total. The van der Waals surface area contributed by atoms with Gasteiger partial charge in [0.05, 0.1) is 6.61 Å². The molecule has 10 heavy (non-hydrogen) atoms. The molecule has 3 rings (SSSR count). The number of aliphatic hydroxyl groups is 1. The van der Waals surface area contributed by atoms with Crippen LogP contribution in [0.4, 0.5) is 0 Å². The number of rotatable bonds is 0. The summed E-state index contributed by atoms with van der Waals surface area (Å²) in [6, 6.07) is 0. The number of hydrogen-bond donors (Lipinski definition) is 1. The first-order valence-electron chi connectivity index (χ1n) is 4.14. The van der Waals surface area contributed by atoms with Crippen LogP contribution in [0.3, 0.4) is 0 Å². The van der Waals surface area contributed by atoms with Gasteiger partial charge >= 0.3 is 0 Å². The minimum atomic E-state index is -0.673. The van der Waals surface area contributed by atoms with Gasteiger partial charge in [-0.2, -0.15) is 0 Å². The zero-order valence-electron chi connectivity index (χ0n) is 5.92. The molecule has 2 bridgehead atoms. The molecule has 1 saturated heterocycles. The molecule has 2 saturated carbocycles. The van der Waals surface area contributed by atoms with Gasteiger partial charge in [-0.1, -0.05) is 0 Å². The summed E-state index contributed by atoms with van der Waals surface area (Å²) in [5, 5.41) is 9.81. The van der Waals surface area contributed by atoms with Crippen molar-refractivity contribution in [3.05, 3.63) is 0 Å². The van der Waals surface area contributed by atoms with Gasteiger partial charge in [-0.3, -0.25) is 0 Å². The highest BCUT2D eigenvalue weighted by Crippen LogP contribution is 2.58. The first-order valence-corrected chi connectivity index (χ1v) is 4.14. The lowest BCUT2D eigenvalue weighted by molar-refractivity contribution is -0.186.